The lowest BCUT2D eigenvalue weighted by Crippen LogP contribution is -2.46. The number of nitrogens with one attached hydrogen (secondary N) is 2. The Balaban J connectivity index is 1.31. The van der Waals surface area contributed by atoms with E-state index in [9.17, 15) is 63.0 Å². The van der Waals surface area contributed by atoms with E-state index in [1.54, 1.807) is 0 Å². The number of thioether (sulfide) groups is 1. The van der Waals surface area contributed by atoms with Crippen molar-refractivity contribution in [2.45, 2.75) is 160 Å². The van der Waals surface area contributed by atoms with Gasteiger partial charge in [-0.1, -0.05) is 122 Å². The van der Waals surface area contributed by atoms with Crippen molar-refractivity contribution in [1.29, 1.82) is 0 Å². The highest BCUT2D eigenvalue weighted by molar-refractivity contribution is 8.13. The third-order valence-corrected chi connectivity index (χ3v) is 14.8. The summed E-state index contributed by atoms with van der Waals surface area (Å²) in [6.07, 6.45) is 8.47. The molecule has 1 saturated heterocycles. The zero-order valence-corrected chi connectivity index (χ0v) is 42.0. The number of nitrogens with two attached hydrogens (primary N) is 1. The van der Waals surface area contributed by atoms with Gasteiger partial charge in [0.15, 0.2) is 17.7 Å². The van der Waals surface area contributed by atoms with Crippen LogP contribution >= 0.6 is 35.2 Å². The molecular formula is C39H66N7O18P3S-4. The first kappa shape index (κ1) is 59.8. The number of carbonyl (C=O) groups is 3. The third kappa shape index (κ3) is 21.5. The van der Waals surface area contributed by atoms with Crippen LogP contribution in [0.25, 0.3) is 11.2 Å². The molecule has 68 heavy (non-hydrogen) atoms. The molecule has 29 heteroatoms. The minimum absolute atomic E-state index is 0.0240. The lowest BCUT2D eigenvalue weighted by atomic mass is 9.87. The summed E-state index contributed by atoms with van der Waals surface area (Å²) in [4.78, 5) is 96.9. The van der Waals surface area contributed by atoms with Gasteiger partial charge in [0.1, 0.15) is 42.4 Å². The molecule has 0 bridgehead atoms. The smallest absolute Gasteiger partial charge is 0.274 e. The van der Waals surface area contributed by atoms with Gasteiger partial charge in [0.2, 0.25) is 16.9 Å². The number of phosphoric ester groups is 3. The van der Waals surface area contributed by atoms with Crippen LogP contribution in [0.4, 0.5) is 5.82 Å². The van der Waals surface area contributed by atoms with Gasteiger partial charge in [-0.15, -0.1) is 0 Å². The minimum atomic E-state index is -5.93. The van der Waals surface area contributed by atoms with Crippen molar-refractivity contribution >= 4 is 69.1 Å². The highest BCUT2D eigenvalue weighted by Crippen LogP contribution is 2.56. The van der Waals surface area contributed by atoms with Crippen LogP contribution in [-0.4, -0.2) is 114 Å². The maximum absolute atomic E-state index is 12.6. The molecule has 25 nitrogen and oxygen atoms in total. The Bertz CT molecular complexity index is 2030. The average Bonchev–Trinajstić information content (AvgIpc) is 3.83. The van der Waals surface area contributed by atoms with Gasteiger partial charge in [-0.25, -0.2) is 19.3 Å². The van der Waals surface area contributed by atoms with Crippen LogP contribution in [0.3, 0.4) is 0 Å². The molecule has 3 heterocycles. The van der Waals surface area contributed by atoms with E-state index in [4.69, 9.17) is 10.5 Å². The van der Waals surface area contributed by atoms with Crippen LogP contribution in [-0.2, 0) is 50.7 Å². The van der Waals surface area contributed by atoms with Crippen molar-refractivity contribution in [3.63, 3.8) is 0 Å². The number of rotatable bonds is 35. The fraction of sp³-hybridized carbons (Fsp3) is 0.795. The number of phosphoric acid groups is 3. The first-order chi connectivity index (χ1) is 32.0. The SMILES string of the molecule is CCCCCCCCCCCCCCCCC(O)C(=O)SCCNC(=O)CCNC(=O)[C@H](O)C(C)(C)COP(=O)([O-])OP(=O)([O-])OC[C@H]1O[C@@H](n2cnc3c(N)ncnc32)[C@H](O)[C@@H]1OP(=O)([O-])[O-]. The molecule has 2 aromatic heterocycles. The minimum Gasteiger partial charge on any atom is -0.790 e. The molecule has 3 unspecified atom stereocenters. The summed E-state index contributed by atoms with van der Waals surface area (Å²) >= 11 is 0.903. The Morgan fingerprint density at radius 1 is 0.882 bits per heavy atom. The van der Waals surface area contributed by atoms with E-state index < -0.39 is 90.7 Å². The largest absolute Gasteiger partial charge is 0.790 e. The second-order valence-electron chi connectivity index (χ2n) is 17.1. The van der Waals surface area contributed by atoms with Crippen LogP contribution in [0.2, 0.25) is 0 Å². The number of ether oxygens (including phenoxy) is 1. The number of hydrogen-bond acceptors (Lipinski definition) is 23. The number of aromatic nitrogens is 4. The number of carbonyl (C=O) groups excluding carboxylic acids is 3. The second-order valence-corrected chi connectivity index (χ2v) is 22.2. The van der Waals surface area contributed by atoms with Gasteiger partial charge in [0, 0.05) is 30.7 Å². The van der Waals surface area contributed by atoms with Crippen LogP contribution in [0, 0.1) is 5.41 Å². The number of aliphatic hydroxyl groups excluding tert-OH is 3. The predicted molar refractivity (Wildman–Crippen MR) is 239 cm³/mol. The van der Waals surface area contributed by atoms with Crippen molar-refractivity contribution in [1.82, 2.24) is 30.2 Å². The first-order valence-electron chi connectivity index (χ1n) is 22.6. The first-order valence-corrected chi connectivity index (χ1v) is 28.0. The quantitative estimate of drug-likeness (QED) is 0.0419. The zero-order valence-electron chi connectivity index (χ0n) is 38.5. The number of imidazole rings is 1. The molecule has 1 aliphatic rings. The van der Waals surface area contributed by atoms with Gasteiger partial charge in [-0.3, -0.25) is 28.1 Å². The molecule has 2 aromatic rings. The summed E-state index contributed by atoms with van der Waals surface area (Å²) in [5.74, 6) is -1.39. The van der Waals surface area contributed by atoms with Gasteiger partial charge in [0.25, 0.3) is 15.6 Å². The summed E-state index contributed by atoms with van der Waals surface area (Å²) in [6.45, 7) is 2.19. The number of anilines is 1. The van der Waals surface area contributed by atoms with E-state index in [0.717, 1.165) is 54.7 Å². The van der Waals surface area contributed by atoms with E-state index in [0.29, 0.717) is 6.42 Å². The summed E-state index contributed by atoms with van der Waals surface area (Å²) in [7, 11) is -17.6. The van der Waals surface area contributed by atoms with E-state index in [1.165, 1.54) is 78.1 Å². The van der Waals surface area contributed by atoms with Crippen molar-refractivity contribution in [2.24, 2.45) is 5.41 Å². The second kappa shape index (κ2) is 29.1. The fourth-order valence-electron chi connectivity index (χ4n) is 7.01. The summed E-state index contributed by atoms with van der Waals surface area (Å²) < 4.78 is 60.8. The molecule has 2 amide bonds. The van der Waals surface area contributed by atoms with Crippen molar-refractivity contribution in [2.75, 3.05) is 37.8 Å². The van der Waals surface area contributed by atoms with E-state index in [1.807, 2.05) is 0 Å². The average molecular weight is 1050 g/mol. The third-order valence-electron chi connectivity index (χ3n) is 10.8. The Labute approximate surface area is 399 Å². The summed E-state index contributed by atoms with van der Waals surface area (Å²) in [5, 5.41) is 36.2. The Morgan fingerprint density at radius 3 is 2.07 bits per heavy atom. The number of aliphatic hydroxyl groups is 3. The normalized spacial score (nSPS) is 20.4. The van der Waals surface area contributed by atoms with Gasteiger partial charge >= 0.3 is 0 Å². The molecule has 1 aliphatic heterocycles. The number of unbranched alkanes of at least 4 members (excludes halogenated alkanes) is 13. The van der Waals surface area contributed by atoms with E-state index in [2.05, 4.69) is 50.4 Å². The number of amides is 2. The Kier molecular flexibility index (Phi) is 25.6. The topological polar surface area (TPSA) is 395 Å². The molecule has 0 aliphatic carbocycles. The Hall–Kier alpha value is -2.48. The van der Waals surface area contributed by atoms with Gasteiger partial charge < -0.3 is 74.1 Å². The molecule has 1 fully saturated rings. The molecule has 8 atom stereocenters. The zero-order chi connectivity index (χ0) is 50.5. The molecule has 3 rings (SSSR count). The maximum Gasteiger partial charge on any atom is 0.274 e. The summed E-state index contributed by atoms with van der Waals surface area (Å²) in [6, 6.07) is 0. The monoisotopic (exact) mass is 1050 g/mol. The standard InChI is InChI=1S/C39H70N7O18P3S/c1-4-5-6-7-8-9-10-11-12-13-14-15-16-17-18-27(47)38(52)68-22-21-41-29(48)19-20-42-36(51)33(50)39(2,3)24-61-67(58,59)64-66(56,57)60-23-28-32(63-65(53,54)55)31(49)37(62-28)46-26-45-30-34(40)43-25-44-35(30)46/h25-28,31-33,37,47,49-50H,4-24H2,1-3H3,(H,41,48)(H,42,51)(H,56,57)(H,58,59)(H2,40,43,44)(H2,53,54,55)/p-4/t27?,28-,31-,32-,33+,37-/m1/s1. The number of hydrogen-bond donors (Lipinski definition) is 6. The van der Waals surface area contributed by atoms with Crippen molar-refractivity contribution < 1.29 is 85.6 Å². The van der Waals surface area contributed by atoms with Crippen molar-refractivity contribution in [3.8, 4) is 0 Å². The van der Waals surface area contributed by atoms with Crippen LogP contribution in [0.5, 0.6) is 0 Å². The highest BCUT2D eigenvalue weighted by atomic mass is 32.2. The molecule has 0 spiro atoms. The maximum atomic E-state index is 12.6. The Morgan fingerprint density at radius 2 is 1.47 bits per heavy atom. The number of nitrogen functional groups attached to an aromatic ring is 1. The van der Waals surface area contributed by atoms with Crippen molar-refractivity contribution in [3.05, 3.63) is 12.7 Å². The lowest BCUT2D eigenvalue weighted by molar-refractivity contribution is -0.347. The van der Waals surface area contributed by atoms with E-state index in [-0.39, 0.29) is 47.4 Å². The molecule has 0 aromatic carbocycles. The number of nitrogens with zero attached hydrogens (tertiary/aromatic N) is 4. The van der Waals surface area contributed by atoms with Crippen LogP contribution < -0.4 is 35.9 Å². The lowest BCUT2D eigenvalue weighted by Gasteiger charge is -2.36. The molecule has 390 valence electrons. The summed E-state index contributed by atoms with van der Waals surface area (Å²) in [5.41, 5.74) is 4.06. The predicted octanol–water partition coefficient (Wildman–Crippen LogP) is 1.37. The molecule has 0 radical (unpaired) electrons. The molecular weight excluding hydrogens is 979 g/mol. The number of fused-ring (bicyclic) bond motifs is 1. The molecule has 0 saturated carbocycles. The van der Waals surface area contributed by atoms with Gasteiger partial charge in [-0.2, -0.15) is 0 Å². The van der Waals surface area contributed by atoms with Gasteiger partial charge in [0.05, 0.1) is 27.4 Å². The van der Waals surface area contributed by atoms with Crippen LogP contribution in [0.15, 0.2) is 12.7 Å². The fourth-order valence-corrected chi connectivity index (χ4v) is 10.5. The molecule has 7 N–H and O–H groups in total. The van der Waals surface area contributed by atoms with Gasteiger partial charge in [-0.05, 0) is 6.42 Å². The van der Waals surface area contributed by atoms with E-state index >= 15 is 0 Å². The van der Waals surface area contributed by atoms with Crippen LogP contribution in [0.1, 0.15) is 130 Å². The highest BCUT2D eigenvalue weighted by Gasteiger charge is 2.47.